The van der Waals surface area contributed by atoms with E-state index in [0.717, 1.165) is 12.5 Å². The summed E-state index contributed by atoms with van der Waals surface area (Å²) < 4.78 is 48.7. The number of carbonyl (C=O) groups is 1. The van der Waals surface area contributed by atoms with Crippen molar-refractivity contribution < 1.29 is 22.4 Å². The van der Waals surface area contributed by atoms with Crippen LogP contribution >= 0.6 is 0 Å². The second kappa shape index (κ2) is 8.25. The fraction of sp³-hybridized carbons (Fsp3) is 0.417. The summed E-state index contributed by atoms with van der Waals surface area (Å²) in [5.74, 6) is 1.03. The molecule has 10 nitrogen and oxygen atoms in total. The lowest BCUT2D eigenvalue weighted by Crippen LogP contribution is -2.70. The van der Waals surface area contributed by atoms with Crippen LogP contribution in [0.5, 0.6) is 0 Å². The minimum absolute atomic E-state index is 0.0443. The number of fused-ring (bicyclic) bond motifs is 3. The number of pyridine rings is 1. The van der Waals surface area contributed by atoms with Gasteiger partial charge in [-0.25, -0.2) is 19.3 Å². The summed E-state index contributed by atoms with van der Waals surface area (Å²) in [4.78, 5) is 23.1. The molecule has 2 aliphatic rings. The van der Waals surface area contributed by atoms with Crippen LogP contribution < -0.4 is 5.32 Å². The molecule has 4 aromatic rings. The molecule has 6 rings (SSSR count). The molecular weight excluding hydrogens is 489 g/mol. The fourth-order valence-electron chi connectivity index (χ4n) is 5.60. The molecule has 13 heteroatoms. The Morgan fingerprint density at radius 1 is 1.24 bits per heavy atom. The summed E-state index contributed by atoms with van der Waals surface area (Å²) in [5, 5.41) is 15.2. The highest BCUT2D eigenvalue weighted by Crippen LogP contribution is 2.55. The first-order valence-electron chi connectivity index (χ1n) is 12.0. The monoisotopic (exact) mass is 512 g/mol. The summed E-state index contributed by atoms with van der Waals surface area (Å²) in [6.07, 6.45) is 1.76. The van der Waals surface area contributed by atoms with Crippen LogP contribution in [0.15, 0.2) is 41.2 Å². The number of nitrogens with one attached hydrogen (secondary N) is 1. The zero-order valence-corrected chi connectivity index (χ0v) is 20.0. The van der Waals surface area contributed by atoms with Crippen molar-refractivity contribution in [1.29, 1.82) is 0 Å². The van der Waals surface area contributed by atoms with Crippen molar-refractivity contribution in [2.45, 2.75) is 57.3 Å². The van der Waals surface area contributed by atoms with Gasteiger partial charge >= 0.3 is 12.2 Å². The third kappa shape index (κ3) is 3.80. The number of rotatable bonds is 4. The highest BCUT2D eigenvalue weighted by Gasteiger charge is 2.62. The molecule has 2 amide bonds. The SMILES string of the molecule is CCc1nnc(C23C[C@@H](C)C[C@H](C2)N3C(=O)Nc2cc(-c3ncc4cccn4n3)c(C(F)(F)F)cn2)o1. The van der Waals surface area contributed by atoms with E-state index in [1.807, 2.05) is 6.92 Å². The molecule has 1 unspecified atom stereocenters. The van der Waals surface area contributed by atoms with Crippen molar-refractivity contribution in [1.82, 2.24) is 34.7 Å². The Kier molecular flexibility index (Phi) is 5.21. The number of urea groups is 1. The zero-order chi connectivity index (χ0) is 25.9. The summed E-state index contributed by atoms with van der Waals surface area (Å²) >= 11 is 0. The highest BCUT2D eigenvalue weighted by molar-refractivity contribution is 5.90. The van der Waals surface area contributed by atoms with Crippen LogP contribution in [0.3, 0.4) is 0 Å². The van der Waals surface area contributed by atoms with Gasteiger partial charge in [0.2, 0.25) is 11.8 Å². The van der Waals surface area contributed by atoms with Crippen LogP contribution in [0.25, 0.3) is 16.9 Å². The molecule has 37 heavy (non-hydrogen) atoms. The number of aryl methyl sites for hydroxylation is 1. The third-order valence-corrected chi connectivity index (χ3v) is 7.11. The van der Waals surface area contributed by atoms with E-state index in [9.17, 15) is 18.0 Å². The van der Waals surface area contributed by atoms with Gasteiger partial charge in [-0.2, -0.15) is 13.2 Å². The molecule has 2 bridgehead atoms. The second-order valence-electron chi connectivity index (χ2n) is 9.66. The van der Waals surface area contributed by atoms with Crippen molar-refractivity contribution >= 4 is 17.4 Å². The predicted octanol–water partition coefficient (Wildman–Crippen LogP) is 4.69. The average molecular weight is 512 g/mol. The number of amides is 2. The Hall–Kier alpha value is -4.03. The third-order valence-electron chi connectivity index (χ3n) is 7.11. The van der Waals surface area contributed by atoms with Crippen molar-refractivity contribution in [3.8, 4) is 11.4 Å². The van der Waals surface area contributed by atoms with E-state index in [1.165, 1.54) is 10.7 Å². The smallest absolute Gasteiger partial charge is 0.418 e. The normalized spacial score (nSPS) is 23.2. The van der Waals surface area contributed by atoms with E-state index in [4.69, 9.17) is 4.42 Å². The first-order valence-corrected chi connectivity index (χ1v) is 12.0. The minimum Gasteiger partial charge on any atom is -0.423 e. The van der Waals surface area contributed by atoms with Crippen LogP contribution in [0.4, 0.5) is 23.8 Å². The van der Waals surface area contributed by atoms with Crippen molar-refractivity contribution in [3.05, 3.63) is 54.1 Å². The Bertz CT molecular complexity index is 1500. The number of likely N-dealkylation sites (tertiary alicyclic amines) is 1. The first kappa shape index (κ1) is 23.4. The maximum absolute atomic E-state index is 13.8. The van der Waals surface area contributed by atoms with Gasteiger partial charge in [-0.05, 0) is 37.0 Å². The van der Waals surface area contributed by atoms with E-state index < -0.39 is 23.3 Å². The van der Waals surface area contributed by atoms with Gasteiger partial charge in [0.05, 0.1) is 17.3 Å². The number of alkyl halides is 3. The quantitative estimate of drug-likeness (QED) is 0.422. The summed E-state index contributed by atoms with van der Waals surface area (Å²) in [7, 11) is 0. The van der Waals surface area contributed by atoms with Crippen molar-refractivity contribution in [3.63, 3.8) is 0 Å². The Morgan fingerprint density at radius 3 is 2.84 bits per heavy atom. The molecule has 5 heterocycles. The van der Waals surface area contributed by atoms with Gasteiger partial charge in [-0.1, -0.05) is 13.8 Å². The topological polar surface area (TPSA) is 114 Å². The Labute approximate surface area is 208 Å². The van der Waals surface area contributed by atoms with Crippen molar-refractivity contribution in [2.75, 3.05) is 5.32 Å². The number of aromatic nitrogens is 6. The van der Waals surface area contributed by atoms with E-state index in [1.54, 1.807) is 23.2 Å². The van der Waals surface area contributed by atoms with E-state index >= 15 is 0 Å². The van der Waals surface area contributed by atoms with E-state index in [0.29, 0.717) is 48.7 Å². The maximum atomic E-state index is 13.8. The van der Waals surface area contributed by atoms with Gasteiger partial charge in [0.25, 0.3) is 0 Å². The van der Waals surface area contributed by atoms with Gasteiger partial charge in [-0.15, -0.1) is 15.3 Å². The molecule has 1 aliphatic heterocycles. The highest BCUT2D eigenvalue weighted by atomic mass is 19.4. The molecule has 4 aromatic heterocycles. The standard InChI is InChI=1S/C24H23F3N8O2/c1-3-19-31-32-21(37-19)23-9-13(2)7-15(10-23)35(23)22(36)30-18-8-16(17(12-28-18)24(25,26)27)20-29-11-14-5-4-6-34(14)33-20/h4-6,8,11-13,15H,3,7,9-10H2,1-2H3,(H,28,30,36)/t13-,15+,23?/m0/s1. The molecule has 1 saturated carbocycles. The number of nitrogens with zero attached hydrogens (tertiary/aromatic N) is 7. The summed E-state index contributed by atoms with van der Waals surface area (Å²) in [6.45, 7) is 4.01. The Balaban J connectivity index is 1.34. The number of piperidine rings is 1. The molecule has 3 atom stereocenters. The number of anilines is 1. The summed E-state index contributed by atoms with van der Waals surface area (Å²) in [5.41, 5.74) is -1.40. The van der Waals surface area contributed by atoms with E-state index in [-0.39, 0.29) is 23.2 Å². The van der Waals surface area contributed by atoms with Gasteiger partial charge in [0.15, 0.2) is 5.82 Å². The lowest BCUT2D eigenvalue weighted by Gasteiger charge is -2.61. The number of hydrogen-bond donors (Lipinski definition) is 1. The lowest BCUT2D eigenvalue weighted by molar-refractivity contribution is -0.137. The van der Waals surface area contributed by atoms with Crippen molar-refractivity contribution in [2.24, 2.45) is 5.92 Å². The molecule has 192 valence electrons. The zero-order valence-electron chi connectivity index (χ0n) is 20.0. The molecule has 0 aromatic carbocycles. The molecule has 0 radical (unpaired) electrons. The van der Waals surface area contributed by atoms with E-state index in [2.05, 4.69) is 37.5 Å². The fourth-order valence-corrected chi connectivity index (χ4v) is 5.60. The maximum Gasteiger partial charge on any atom is 0.418 e. The number of carbonyl (C=O) groups excluding carboxylic acids is 1. The number of halogens is 3. The number of hydrogen-bond acceptors (Lipinski definition) is 7. The largest absolute Gasteiger partial charge is 0.423 e. The molecule has 1 N–H and O–H groups in total. The molecule has 0 spiro atoms. The second-order valence-corrected chi connectivity index (χ2v) is 9.66. The van der Waals surface area contributed by atoms with Crippen LogP contribution in [0.2, 0.25) is 0 Å². The van der Waals surface area contributed by atoms with Crippen LogP contribution in [0.1, 0.15) is 50.5 Å². The average Bonchev–Trinajstić information content (AvgIpc) is 3.52. The van der Waals surface area contributed by atoms with Gasteiger partial charge in [0.1, 0.15) is 11.4 Å². The molecule has 1 aliphatic carbocycles. The molecule has 1 saturated heterocycles. The van der Waals surface area contributed by atoms with Crippen LogP contribution in [-0.2, 0) is 18.1 Å². The molecule has 2 fully saturated rings. The summed E-state index contributed by atoms with van der Waals surface area (Å²) in [6, 6.07) is 4.07. The first-order chi connectivity index (χ1) is 17.7. The van der Waals surface area contributed by atoms with Gasteiger partial charge in [0, 0.05) is 36.8 Å². The van der Waals surface area contributed by atoms with Gasteiger partial charge < -0.3 is 9.32 Å². The van der Waals surface area contributed by atoms with Crippen LogP contribution in [0, 0.1) is 5.92 Å². The lowest BCUT2D eigenvalue weighted by atomic mass is 9.64. The van der Waals surface area contributed by atoms with Gasteiger partial charge in [-0.3, -0.25) is 5.32 Å². The minimum atomic E-state index is -4.69. The molecular formula is C24H23F3N8O2. The predicted molar refractivity (Wildman–Crippen MR) is 124 cm³/mol. The Morgan fingerprint density at radius 2 is 2.08 bits per heavy atom. The van der Waals surface area contributed by atoms with Crippen LogP contribution in [-0.4, -0.2) is 46.8 Å².